The average Bonchev–Trinajstić information content (AvgIpc) is 2.87. The summed E-state index contributed by atoms with van der Waals surface area (Å²) in [4.78, 5) is 21.5. The van der Waals surface area contributed by atoms with Crippen molar-refractivity contribution in [1.82, 2.24) is 20.2 Å². The van der Waals surface area contributed by atoms with Crippen LogP contribution in [0.1, 0.15) is 13.0 Å². The van der Waals surface area contributed by atoms with E-state index in [2.05, 4.69) is 15.4 Å². The number of tetrazole rings is 1. The van der Waals surface area contributed by atoms with Crippen LogP contribution in [0.25, 0.3) is 11.4 Å². The van der Waals surface area contributed by atoms with E-state index < -0.39 is 16.9 Å². The van der Waals surface area contributed by atoms with E-state index in [0.29, 0.717) is 5.56 Å². The Morgan fingerprint density at radius 3 is 2.53 bits per heavy atom. The van der Waals surface area contributed by atoms with Gasteiger partial charge in [-0.15, -0.1) is 10.2 Å². The summed E-state index contributed by atoms with van der Waals surface area (Å²) in [5.41, 5.74) is 0.446. The van der Waals surface area contributed by atoms with Crippen molar-refractivity contribution in [3.8, 4) is 11.4 Å². The van der Waals surface area contributed by atoms with E-state index in [1.54, 1.807) is 0 Å². The molecule has 1 atom stereocenters. The molecule has 98 valence electrons. The third-order valence-electron chi connectivity index (χ3n) is 2.45. The summed E-state index contributed by atoms with van der Waals surface area (Å²) in [6, 6.07) is 4.49. The van der Waals surface area contributed by atoms with Gasteiger partial charge in [-0.1, -0.05) is 0 Å². The number of hydrogen-bond donors (Lipinski definition) is 0. The summed E-state index contributed by atoms with van der Waals surface area (Å²) >= 11 is 0. The molecule has 0 saturated carbocycles. The van der Waals surface area contributed by atoms with Crippen LogP contribution in [0.3, 0.4) is 0 Å². The second-order valence-electron chi connectivity index (χ2n) is 3.73. The first-order chi connectivity index (χ1) is 8.99. The highest BCUT2D eigenvalue weighted by atomic mass is 16.6. The zero-order valence-electron chi connectivity index (χ0n) is 9.76. The molecule has 0 spiro atoms. The van der Waals surface area contributed by atoms with Gasteiger partial charge in [0, 0.05) is 17.7 Å². The maximum Gasteiger partial charge on any atom is 0.269 e. The van der Waals surface area contributed by atoms with Gasteiger partial charge in [-0.3, -0.25) is 10.1 Å². The van der Waals surface area contributed by atoms with Crippen LogP contribution in [-0.2, 0) is 4.79 Å². The van der Waals surface area contributed by atoms with Crippen molar-refractivity contribution in [2.45, 2.75) is 13.0 Å². The van der Waals surface area contributed by atoms with E-state index in [1.165, 1.54) is 31.2 Å². The van der Waals surface area contributed by atoms with E-state index in [9.17, 15) is 20.0 Å². The van der Waals surface area contributed by atoms with E-state index in [-0.39, 0.29) is 11.5 Å². The van der Waals surface area contributed by atoms with Gasteiger partial charge in [0.15, 0.2) is 0 Å². The summed E-state index contributed by atoms with van der Waals surface area (Å²) in [6.45, 7) is 1.36. The highest BCUT2D eigenvalue weighted by Crippen LogP contribution is 2.18. The van der Waals surface area contributed by atoms with Crippen LogP contribution in [-0.4, -0.2) is 31.1 Å². The standard InChI is InChI=1S/C10H9N5O4/c1-6(10(16)17)14-12-9(11-13-14)7-2-4-8(5-3-7)15(18)19/h2-6H,1H3,(H,16,17)/p-1/t6-/m1/s1. The minimum absolute atomic E-state index is 0.0563. The molecular weight excluding hydrogens is 254 g/mol. The topological polar surface area (TPSA) is 127 Å². The second-order valence-corrected chi connectivity index (χ2v) is 3.73. The first-order valence-electron chi connectivity index (χ1n) is 5.24. The van der Waals surface area contributed by atoms with Gasteiger partial charge in [0.1, 0.15) is 6.04 Å². The molecule has 0 saturated heterocycles. The zero-order valence-corrected chi connectivity index (χ0v) is 9.76. The van der Waals surface area contributed by atoms with Crippen molar-refractivity contribution in [1.29, 1.82) is 0 Å². The minimum atomic E-state index is -1.33. The first-order valence-corrected chi connectivity index (χ1v) is 5.24. The largest absolute Gasteiger partial charge is 0.548 e. The second kappa shape index (κ2) is 4.80. The van der Waals surface area contributed by atoms with Crippen LogP contribution in [0.15, 0.2) is 24.3 Å². The fourth-order valence-electron chi connectivity index (χ4n) is 1.33. The fourth-order valence-corrected chi connectivity index (χ4v) is 1.33. The Balaban J connectivity index is 2.27. The van der Waals surface area contributed by atoms with Gasteiger partial charge in [0.25, 0.3) is 5.69 Å². The highest BCUT2D eigenvalue weighted by Gasteiger charge is 2.13. The molecule has 0 unspecified atom stereocenters. The van der Waals surface area contributed by atoms with Crippen LogP contribution in [0.5, 0.6) is 0 Å². The highest BCUT2D eigenvalue weighted by molar-refractivity contribution is 5.68. The smallest absolute Gasteiger partial charge is 0.269 e. The van der Waals surface area contributed by atoms with Crippen LogP contribution in [0.2, 0.25) is 0 Å². The Morgan fingerprint density at radius 2 is 2.00 bits per heavy atom. The predicted molar refractivity (Wildman–Crippen MR) is 59.6 cm³/mol. The number of carbonyl (C=O) groups is 1. The molecule has 1 heterocycles. The summed E-state index contributed by atoms with van der Waals surface area (Å²) in [5, 5.41) is 32.3. The van der Waals surface area contributed by atoms with Crippen LogP contribution >= 0.6 is 0 Å². The molecule has 0 N–H and O–H groups in total. The molecule has 19 heavy (non-hydrogen) atoms. The molecule has 0 bridgehead atoms. The molecule has 9 nitrogen and oxygen atoms in total. The zero-order chi connectivity index (χ0) is 14.0. The lowest BCUT2D eigenvalue weighted by Gasteiger charge is -2.09. The monoisotopic (exact) mass is 262 g/mol. The van der Waals surface area contributed by atoms with Crippen LogP contribution < -0.4 is 5.11 Å². The molecule has 2 aromatic rings. The minimum Gasteiger partial charge on any atom is -0.548 e. The van der Waals surface area contributed by atoms with Gasteiger partial charge in [-0.2, -0.15) is 4.80 Å². The maximum atomic E-state index is 10.7. The molecule has 0 aliphatic rings. The third-order valence-corrected chi connectivity index (χ3v) is 2.45. The van der Waals surface area contributed by atoms with Gasteiger partial charge in [-0.25, -0.2) is 0 Å². The van der Waals surface area contributed by atoms with E-state index in [1.807, 2.05) is 0 Å². The summed E-state index contributed by atoms with van der Waals surface area (Å²) in [7, 11) is 0. The first kappa shape index (κ1) is 12.6. The number of non-ortho nitro benzene ring substituents is 1. The number of nitrogens with zero attached hydrogens (tertiary/aromatic N) is 5. The quantitative estimate of drug-likeness (QED) is 0.539. The van der Waals surface area contributed by atoms with Crippen molar-refractivity contribution in [3.05, 3.63) is 34.4 Å². The normalized spacial score (nSPS) is 12.1. The van der Waals surface area contributed by atoms with Crippen molar-refractivity contribution in [3.63, 3.8) is 0 Å². The van der Waals surface area contributed by atoms with Crippen molar-refractivity contribution in [2.24, 2.45) is 0 Å². The van der Waals surface area contributed by atoms with Crippen molar-refractivity contribution < 1.29 is 14.8 Å². The van der Waals surface area contributed by atoms with E-state index in [0.717, 1.165) is 4.80 Å². The van der Waals surface area contributed by atoms with Crippen molar-refractivity contribution in [2.75, 3.05) is 0 Å². The van der Waals surface area contributed by atoms with Gasteiger partial charge in [0.05, 0.1) is 10.9 Å². The van der Waals surface area contributed by atoms with Gasteiger partial charge >= 0.3 is 0 Å². The molecule has 9 heteroatoms. The van der Waals surface area contributed by atoms with Crippen LogP contribution in [0.4, 0.5) is 5.69 Å². The molecule has 2 rings (SSSR count). The van der Waals surface area contributed by atoms with Crippen molar-refractivity contribution >= 4 is 11.7 Å². The number of nitro groups is 1. The van der Waals surface area contributed by atoms with Gasteiger partial charge in [0.2, 0.25) is 5.82 Å². The molecule has 0 fully saturated rings. The Morgan fingerprint density at radius 1 is 1.37 bits per heavy atom. The number of aliphatic carboxylic acids is 1. The molecule has 0 aliphatic carbocycles. The lowest BCUT2D eigenvalue weighted by molar-refractivity contribution is -0.384. The number of aromatic nitrogens is 4. The summed E-state index contributed by atoms with van der Waals surface area (Å²) in [5.74, 6) is -1.14. The number of carboxylic acids is 1. The Bertz CT molecular complexity index is 621. The SMILES string of the molecule is C[C@H](C(=O)[O-])n1nnc(-c2ccc([N+](=O)[O-])cc2)n1. The lowest BCUT2D eigenvalue weighted by atomic mass is 10.2. The lowest BCUT2D eigenvalue weighted by Crippen LogP contribution is -2.32. The Hall–Kier alpha value is -2.84. The molecule has 1 aromatic carbocycles. The third kappa shape index (κ3) is 2.54. The van der Waals surface area contributed by atoms with Gasteiger partial charge < -0.3 is 9.90 Å². The average molecular weight is 262 g/mol. The molecule has 0 radical (unpaired) electrons. The Labute approximate surface area is 106 Å². The Kier molecular flexibility index (Phi) is 3.19. The number of hydrogen-bond acceptors (Lipinski definition) is 7. The predicted octanol–water partition coefficient (Wildman–Crippen LogP) is -0.441. The number of carboxylic acid groups (broad SMARTS) is 1. The van der Waals surface area contributed by atoms with Crippen LogP contribution in [0, 0.1) is 10.1 Å². The number of nitro benzene ring substituents is 1. The number of benzene rings is 1. The summed E-state index contributed by atoms with van der Waals surface area (Å²) in [6.07, 6.45) is 0. The van der Waals surface area contributed by atoms with E-state index >= 15 is 0 Å². The molecular formula is C10H8N5O4-. The maximum absolute atomic E-state index is 10.7. The van der Waals surface area contributed by atoms with Gasteiger partial charge in [-0.05, 0) is 24.3 Å². The molecule has 1 aromatic heterocycles. The fraction of sp³-hybridized carbons (Fsp3) is 0.200. The number of carbonyl (C=O) groups excluding carboxylic acids is 1. The molecule has 0 aliphatic heterocycles. The number of rotatable bonds is 4. The van der Waals surface area contributed by atoms with E-state index in [4.69, 9.17) is 0 Å². The molecule has 0 amide bonds. The summed E-state index contributed by atoms with van der Waals surface area (Å²) < 4.78 is 0.